The molecule has 0 saturated heterocycles. The minimum Gasteiger partial charge on any atom is -0.360 e. The summed E-state index contributed by atoms with van der Waals surface area (Å²) in [5.74, 6) is 0.885. The highest BCUT2D eigenvalue weighted by Crippen LogP contribution is 2.33. The Morgan fingerprint density at radius 3 is 3.18 bits per heavy atom. The molecule has 0 fully saturated rings. The monoisotopic (exact) mass is 292 g/mol. The van der Waals surface area contributed by atoms with Gasteiger partial charge in [0.25, 0.3) is 0 Å². The van der Waals surface area contributed by atoms with Crippen molar-refractivity contribution in [1.82, 2.24) is 10.5 Å². The Morgan fingerprint density at radius 2 is 2.35 bits per heavy atom. The topological polar surface area (TPSA) is 38.1 Å². The van der Waals surface area contributed by atoms with E-state index in [4.69, 9.17) is 4.52 Å². The molecule has 2 aromatic rings. The molecule has 1 unspecified atom stereocenters. The molecule has 0 saturated carbocycles. The second-order valence-corrected chi connectivity index (χ2v) is 5.21. The lowest BCUT2D eigenvalue weighted by molar-refractivity contribution is 0.363. The van der Waals surface area contributed by atoms with Crippen LogP contribution in [0.1, 0.15) is 29.3 Å². The molecule has 0 aliphatic heterocycles. The van der Waals surface area contributed by atoms with E-state index in [2.05, 4.69) is 44.6 Å². The zero-order chi connectivity index (χ0) is 11.7. The van der Waals surface area contributed by atoms with Crippen LogP contribution < -0.4 is 5.32 Å². The second-order valence-electron chi connectivity index (χ2n) is 4.29. The van der Waals surface area contributed by atoms with Gasteiger partial charge in [-0.25, -0.2) is 0 Å². The van der Waals surface area contributed by atoms with Crippen molar-refractivity contribution in [2.75, 3.05) is 0 Å². The Labute approximate surface area is 108 Å². The molecule has 0 radical (unpaired) electrons. The van der Waals surface area contributed by atoms with Crippen LogP contribution in [0.15, 0.2) is 39.5 Å². The third kappa shape index (κ3) is 2.28. The van der Waals surface area contributed by atoms with Crippen LogP contribution in [0, 0.1) is 0 Å². The third-order valence-electron chi connectivity index (χ3n) is 3.20. The maximum atomic E-state index is 5.08. The van der Waals surface area contributed by atoms with Gasteiger partial charge in [0.15, 0.2) is 0 Å². The van der Waals surface area contributed by atoms with Crippen LogP contribution in [-0.4, -0.2) is 5.16 Å². The van der Waals surface area contributed by atoms with Gasteiger partial charge in [-0.05, 0) is 36.1 Å². The van der Waals surface area contributed by atoms with E-state index in [1.165, 1.54) is 11.1 Å². The largest absolute Gasteiger partial charge is 0.360 e. The number of hydrogen-bond donors (Lipinski definition) is 1. The van der Waals surface area contributed by atoms with E-state index in [1.807, 2.05) is 6.07 Å². The SMILES string of the molecule is Brc1ccc2c(c1)CCC2NCc1ccno1. The van der Waals surface area contributed by atoms with Crippen LogP contribution in [0.3, 0.4) is 0 Å². The van der Waals surface area contributed by atoms with Gasteiger partial charge in [0.05, 0.1) is 12.7 Å². The maximum absolute atomic E-state index is 5.08. The van der Waals surface area contributed by atoms with Gasteiger partial charge in [-0.15, -0.1) is 0 Å². The van der Waals surface area contributed by atoms with Gasteiger partial charge in [-0.2, -0.15) is 0 Å². The fourth-order valence-electron chi connectivity index (χ4n) is 2.36. The van der Waals surface area contributed by atoms with E-state index >= 15 is 0 Å². The summed E-state index contributed by atoms with van der Waals surface area (Å²) in [5, 5.41) is 7.21. The Kier molecular flexibility index (Phi) is 2.99. The summed E-state index contributed by atoms with van der Waals surface area (Å²) >= 11 is 3.51. The molecule has 0 amide bonds. The highest BCUT2D eigenvalue weighted by atomic mass is 79.9. The van der Waals surface area contributed by atoms with Gasteiger partial charge < -0.3 is 9.84 Å². The zero-order valence-electron chi connectivity index (χ0n) is 9.32. The molecule has 1 aliphatic carbocycles. The number of rotatable bonds is 3. The van der Waals surface area contributed by atoms with Crippen molar-refractivity contribution in [3.8, 4) is 0 Å². The molecule has 1 aromatic heterocycles. The van der Waals surface area contributed by atoms with Gasteiger partial charge in [0.1, 0.15) is 5.76 Å². The first-order valence-corrected chi connectivity index (χ1v) is 6.53. The number of fused-ring (bicyclic) bond motifs is 1. The van der Waals surface area contributed by atoms with Gasteiger partial charge >= 0.3 is 0 Å². The number of benzene rings is 1. The summed E-state index contributed by atoms with van der Waals surface area (Å²) in [5.41, 5.74) is 2.85. The third-order valence-corrected chi connectivity index (χ3v) is 3.69. The van der Waals surface area contributed by atoms with E-state index in [0.29, 0.717) is 6.04 Å². The fraction of sp³-hybridized carbons (Fsp3) is 0.308. The number of hydrogen-bond acceptors (Lipinski definition) is 3. The molecule has 17 heavy (non-hydrogen) atoms. The molecule has 88 valence electrons. The normalized spacial score (nSPS) is 18.3. The van der Waals surface area contributed by atoms with Crippen LogP contribution in [0.5, 0.6) is 0 Å². The predicted octanol–water partition coefficient (Wildman–Crippen LogP) is 3.21. The summed E-state index contributed by atoms with van der Waals surface area (Å²) in [6.45, 7) is 0.736. The van der Waals surface area contributed by atoms with Gasteiger partial charge in [-0.1, -0.05) is 27.2 Å². The summed E-state index contributed by atoms with van der Waals surface area (Å²) in [6.07, 6.45) is 3.97. The Hall–Kier alpha value is -1.13. The first-order valence-electron chi connectivity index (χ1n) is 5.74. The van der Waals surface area contributed by atoms with E-state index in [-0.39, 0.29) is 0 Å². The lowest BCUT2D eigenvalue weighted by atomic mass is 10.1. The molecule has 3 nitrogen and oxygen atoms in total. The first kappa shape index (κ1) is 11.0. The van der Waals surface area contributed by atoms with Gasteiger partial charge in [-0.3, -0.25) is 0 Å². The highest BCUT2D eigenvalue weighted by Gasteiger charge is 2.22. The molecule has 1 aromatic carbocycles. The number of nitrogens with one attached hydrogen (secondary N) is 1. The minimum atomic E-state index is 0.434. The zero-order valence-corrected chi connectivity index (χ0v) is 10.9. The number of aryl methyl sites for hydroxylation is 1. The number of aromatic nitrogens is 1. The summed E-state index contributed by atoms with van der Waals surface area (Å²) in [7, 11) is 0. The molecule has 4 heteroatoms. The van der Waals surface area contributed by atoms with Gasteiger partial charge in [0.2, 0.25) is 0 Å². The average molecular weight is 293 g/mol. The van der Waals surface area contributed by atoms with Crippen molar-refractivity contribution in [3.63, 3.8) is 0 Å². The smallest absolute Gasteiger partial charge is 0.150 e. The van der Waals surface area contributed by atoms with E-state index < -0.39 is 0 Å². The quantitative estimate of drug-likeness (QED) is 0.944. The standard InChI is InChI=1S/C13H13BrN2O/c14-10-2-3-12-9(7-10)1-4-13(12)15-8-11-5-6-16-17-11/h2-3,5-7,13,15H,1,4,8H2. The molecular weight excluding hydrogens is 280 g/mol. The summed E-state index contributed by atoms with van der Waals surface area (Å²) in [6, 6.07) is 8.84. The van der Waals surface area contributed by atoms with Crippen molar-refractivity contribution in [1.29, 1.82) is 0 Å². The van der Waals surface area contributed by atoms with Gasteiger partial charge in [0, 0.05) is 16.6 Å². The molecule has 3 rings (SSSR count). The maximum Gasteiger partial charge on any atom is 0.150 e. The van der Waals surface area contributed by atoms with E-state index in [9.17, 15) is 0 Å². The lowest BCUT2D eigenvalue weighted by Crippen LogP contribution is -2.18. The second kappa shape index (κ2) is 4.63. The molecule has 0 bridgehead atoms. The van der Waals surface area contributed by atoms with E-state index in [0.717, 1.165) is 29.6 Å². The number of nitrogens with zero attached hydrogens (tertiary/aromatic N) is 1. The first-order chi connectivity index (χ1) is 8.33. The molecule has 1 N–H and O–H groups in total. The summed E-state index contributed by atoms with van der Waals surface area (Å²) in [4.78, 5) is 0. The summed E-state index contributed by atoms with van der Waals surface area (Å²) < 4.78 is 6.24. The van der Waals surface area contributed by atoms with Crippen LogP contribution in [-0.2, 0) is 13.0 Å². The average Bonchev–Trinajstić information content (AvgIpc) is 2.94. The molecule has 1 atom stereocenters. The predicted molar refractivity (Wildman–Crippen MR) is 68.5 cm³/mol. The van der Waals surface area contributed by atoms with E-state index in [1.54, 1.807) is 6.20 Å². The Balaban J connectivity index is 1.71. The van der Waals surface area contributed by atoms with Crippen molar-refractivity contribution in [2.45, 2.75) is 25.4 Å². The van der Waals surface area contributed by atoms with Crippen molar-refractivity contribution in [3.05, 3.63) is 51.8 Å². The molecule has 0 spiro atoms. The van der Waals surface area contributed by atoms with Crippen molar-refractivity contribution >= 4 is 15.9 Å². The van der Waals surface area contributed by atoms with Crippen molar-refractivity contribution in [2.24, 2.45) is 0 Å². The van der Waals surface area contributed by atoms with Crippen molar-refractivity contribution < 1.29 is 4.52 Å². The van der Waals surface area contributed by atoms with Crippen LogP contribution in [0.25, 0.3) is 0 Å². The minimum absolute atomic E-state index is 0.434. The molecule has 1 aliphatic rings. The van der Waals surface area contributed by atoms with Crippen LogP contribution >= 0.6 is 15.9 Å². The Bertz CT molecular complexity index is 510. The molecular formula is C13H13BrN2O. The fourth-order valence-corrected chi connectivity index (χ4v) is 2.76. The number of halogens is 1. The molecule has 1 heterocycles. The Morgan fingerprint density at radius 1 is 1.41 bits per heavy atom. The highest BCUT2D eigenvalue weighted by molar-refractivity contribution is 9.10. The lowest BCUT2D eigenvalue weighted by Gasteiger charge is -2.12. The van der Waals surface area contributed by atoms with Crippen LogP contribution in [0.2, 0.25) is 0 Å². The van der Waals surface area contributed by atoms with Crippen LogP contribution in [0.4, 0.5) is 0 Å².